The molecule has 5 nitrogen and oxygen atoms in total. The van der Waals surface area contributed by atoms with Gasteiger partial charge in [0.1, 0.15) is 0 Å². The molecule has 0 aliphatic rings. The van der Waals surface area contributed by atoms with Crippen LogP contribution in [0.15, 0.2) is 30.3 Å². The van der Waals surface area contributed by atoms with E-state index < -0.39 is 0 Å². The molecule has 5 heteroatoms. The summed E-state index contributed by atoms with van der Waals surface area (Å²) in [6, 6.07) is 10.1. The Bertz CT molecular complexity index is 474. The first-order valence-electron chi connectivity index (χ1n) is 8.34. The van der Waals surface area contributed by atoms with Crippen LogP contribution >= 0.6 is 0 Å². The van der Waals surface area contributed by atoms with Crippen LogP contribution in [-0.2, 0) is 16.1 Å². The van der Waals surface area contributed by atoms with E-state index in [1.807, 2.05) is 30.3 Å². The van der Waals surface area contributed by atoms with Gasteiger partial charge in [0, 0.05) is 19.4 Å². The average Bonchev–Trinajstić information content (AvgIpc) is 2.50. The minimum atomic E-state index is -0.164. The molecule has 2 amide bonds. The van der Waals surface area contributed by atoms with Crippen molar-refractivity contribution in [2.24, 2.45) is 0 Å². The second-order valence-corrected chi connectivity index (χ2v) is 6.05. The van der Waals surface area contributed by atoms with Crippen molar-refractivity contribution in [1.29, 1.82) is 0 Å². The standard InChI is InChI=1S/C18H29N3O2/c1-15(2)19-13-9-5-8-12-18(23)20-21(16(3)22)14-17-10-6-4-7-11-17/h4,6-7,10-11,15,19H,5,8-9,12-14H2,1-3H3,(H,20,23). The van der Waals surface area contributed by atoms with E-state index in [0.29, 0.717) is 19.0 Å². The molecular weight excluding hydrogens is 290 g/mol. The summed E-state index contributed by atoms with van der Waals surface area (Å²) < 4.78 is 0. The molecule has 0 heterocycles. The Balaban J connectivity index is 2.28. The first-order chi connectivity index (χ1) is 11.0. The summed E-state index contributed by atoms with van der Waals surface area (Å²) in [6.07, 6.45) is 3.35. The number of amides is 2. The van der Waals surface area contributed by atoms with Crippen molar-refractivity contribution in [3.8, 4) is 0 Å². The van der Waals surface area contributed by atoms with Gasteiger partial charge in [0.05, 0.1) is 6.54 Å². The molecule has 1 aromatic carbocycles. The Kier molecular flexibility index (Phi) is 8.98. The zero-order valence-corrected chi connectivity index (χ0v) is 14.5. The number of carbonyl (C=O) groups is 2. The van der Waals surface area contributed by atoms with Gasteiger partial charge in [-0.3, -0.25) is 15.0 Å². The highest BCUT2D eigenvalue weighted by Gasteiger charge is 2.12. The minimum Gasteiger partial charge on any atom is -0.315 e. The molecule has 0 unspecified atom stereocenters. The third kappa shape index (κ3) is 8.98. The molecule has 0 bridgehead atoms. The molecule has 0 aromatic heterocycles. The summed E-state index contributed by atoms with van der Waals surface area (Å²) in [5, 5.41) is 4.73. The number of nitrogens with zero attached hydrogens (tertiary/aromatic N) is 1. The van der Waals surface area contributed by atoms with Crippen LogP contribution in [0.1, 0.15) is 52.0 Å². The van der Waals surface area contributed by atoms with Gasteiger partial charge in [-0.2, -0.15) is 0 Å². The molecule has 0 aliphatic heterocycles. The minimum absolute atomic E-state index is 0.104. The van der Waals surface area contributed by atoms with Gasteiger partial charge in [0.2, 0.25) is 11.8 Å². The van der Waals surface area contributed by atoms with E-state index in [2.05, 4.69) is 24.6 Å². The summed E-state index contributed by atoms with van der Waals surface area (Å²) in [5.74, 6) is -0.267. The fraction of sp³-hybridized carbons (Fsp3) is 0.556. The molecule has 0 saturated carbocycles. The maximum Gasteiger partial charge on any atom is 0.238 e. The number of rotatable bonds is 9. The largest absolute Gasteiger partial charge is 0.315 e. The van der Waals surface area contributed by atoms with Gasteiger partial charge in [-0.25, -0.2) is 5.01 Å². The number of nitrogens with one attached hydrogen (secondary N) is 2. The first kappa shape index (κ1) is 19.2. The summed E-state index contributed by atoms with van der Waals surface area (Å²) in [5.41, 5.74) is 3.69. The fourth-order valence-corrected chi connectivity index (χ4v) is 2.18. The number of hydrogen-bond donors (Lipinski definition) is 2. The van der Waals surface area contributed by atoms with Gasteiger partial charge in [-0.15, -0.1) is 0 Å². The van der Waals surface area contributed by atoms with E-state index in [4.69, 9.17) is 0 Å². The van der Waals surface area contributed by atoms with E-state index in [0.717, 1.165) is 31.4 Å². The summed E-state index contributed by atoms with van der Waals surface area (Å²) >= 11 is 0. The molecule has 1 aromatic rings. The van der Waals surface area contributed by atoms with E-state index in [-0.39, 0.29) is 11.8 Å². The van der Waals surface area contributed by atoms with Crippen LogP contribution in [0.25, 0.3) is 0 Å². The van der Waals surface area contributed by atoms with Crippen molar-refractivity contribution in [3.05, 3.63) is 35.9 Å². The van der Waals surface area contributed by atoms with Gasteiger partial charge < -0.3 is 5.32 Å². The van der Waals surface area contributed by atoms with Crippen LogP contribution in [-0.4, -0.2) is 29.4 Å². The molecule has 128 valence electrons. The smallest absolute Gasteiger partial charge is 0.238 e. The van der Waals surface area contributed by atoms with Crippen LogP contribution in [0, 0.1) is 0 Å². The van der Waals surface area contributed by atoms with Crippen LogP contribution < -0.4 is 10.7 Å². The van der Waals surface area contributed by atoms with Crippen molar-refractivity contribution in [3.63, 3.8) is 0 Å². The first-order valence-corrected chi connectivity index (χ1v) is 8.34. The Hall–Kier alpha value is -1.88. The molecule has 0 aliphatic carbocycles. The maximum absolute atomic E-state index is 12.0. The Morgan fingerprint density at radius 3 is 2.39 bits per heavy atom. The lowest BCUT2D eigenvalue weighted by molar-refractivity contribution is -0.140. The van der Waals surface area contributed by atoms with Crippen molar-refractivity contribution in [1.82, 2.24) is 15.8 Å². The molecule has 0 radical (unpaired) electrons. The predicted molar refractivity (Wildman–Crippen MR) is 92.4 cm³/mol. The zero-order valence-electron chi connectivity index (χ0n) is 14.5. The summed E-state index contributed by atoms with van der Waals surface area (Å²) in [4.78, 5) is 23.6. The summed E-state index contributed by atoms with van der Waals surface area (Å²) in [7, 11) is 0. The lowest BCUT2D eigenvalue weighted by atomic mass is 10.2. The second-order valence-electron chi connectivity index (χ2n) is 6.05. The van der Waals surface area contributed by atoms with Gasteiger partial charge in [0.15, 0.2) is 0 Å². The van der Waals surface area contributed by atoms with E-state index in [1.54, 1.807) is 0 Å². The molecule has 0 fully saturated rings. The van der Waals surface area contributed by atoms with Gasteiger partial charge in [0.25, 0.3) is 0 Å². The van der Waals surface area contributed by atoms with Gasteiger partial charge in [-0.1, -0.05) is 50.6 Å². The van der Waals surface area contributed by atoms with Crippen LogP contribution in [0.5, 0.6) is 0 Å². The molecule has 1 rings (SSSR count). The van der Waals surface area contributed by atoms with Crippen molar-refractivity contribution in [2.45, 2.75) is 59.0 Å². The lowest BCUT2D eigenvalue weighted by Crippen LogP contribution is -2.44. The van der Waals surface area contributed by atoms with Crippen LogP contribution in [0.2, 0.25) is 0 Å². The zero-order chi connectivity index (χ0) is 17.1. The average molecular weight is 319 g/mol. The lowest BCUT2D eigenvalue weighted by Gasteiger charge is -2.22. The van der Waals surface area contributed by atoms with Gasteiger partial charge >= 0.3 is 0 Å². The summed E-state index contributed by atoms with van der Waals surface area (Å²) in [6.45, 7) is 7.07. The highest BCUT2D eigenvalue weighted by Crippen LogP contribution is 2.04. The normalized spacial score (nSPS) is 10.6. The molecule has 2 N–H and O–H groups in total. The predicted octanol–water partition coefficient (Wildman–Crippen LogP) is 2.62. The van der Waals surface area contributed by atoms with Crippen molar-refractivity contribution in [2.75, 3.05) is 6.54 Å². The van der Waals surface area contributed by atoms with Crippen molar-refractivity contribution >= 4 is 11.8 Å². The molecule has 0 atom stereocenters. The topological polar surface area (TPSA) is 61.4 Å². The van der Waals surface area contributed by atoms with E-state index in [9.17, 15) is 9.59 Å². The Morgan fingerprint density at radius 2 is 1.78 bits per heavy atom. The fourth-order valence-electron chi connectivity index (χ4n) is 2.18. The second kappa shape index (κ2) is 10.8. The monoisotopic (exact) mass is 319 g/mol. The third-order valence-electron chi connectivity index (χ3n) is 3.46. The SMILES string of the molecule is CC(=O)N(Cc1ccccc1)NC(=O)CCCCCNC(C)C. The molecule has 0 saturated heterocycles. The van der Waals surface area contributed by atoms with Crippen LogP contribution in [0.4, 0.5) is 0 Å². The highest BCUT2D eigenvalue weighted by molar-refractivity contribution is 5.80. The molecule has 23 heavy (non-hydrogen) atoms. The number of hydrazine groups is 1. The number of benzene rings is 1. The number of unbranched alkanes of at least 4 members (excludes halogenated alkanes) is 2. The number of hydrogen-bond acceptors (Lipinski definition) is 3. The highest BCUT2D eigenvalue weighted by atomic mass is 16.2. The third-order valence-corrected chi connectivity index (χ3v) is 3.46. The van der Waals surface area contributed by atoms with Crippen LogP contribution in [0.3, 0.4) is 0 Å². The molecule has 0 spiro atoms. The van der Waals surface area contributed by atoms with E-state index >= 15 is 0 Å². The Morgan fingerprint density at radius 1 is 1.09 bits per heavy atom. The maximum atomic E-state index is 12.0. The van der Waals surface area contributed by atoms with E-state index in [1.165, 1.54) is 11.9 Å². The van der Waals surface area contributed by atoms with Gasteiger partial charge in [-0.05, 0) is 24.9 Å². The van der Waals surface area contributed by atoms with Crippen molar-refractivity contribution < 1.29 is 9.59 Å². The quantitative estimate of drug-likeness (QED) is 0.543. The number of carbonyl (C=O) groups excluding carboxylic acids is 2. The molecular formula is C18H29N3O2. The Labute approximate surface area is 139 Å².